The van der Waals surface area contributed by atoms with Gasteiger partial charge in [0.15, 0.2) is 0 Å². The normalized spacial score (nSPS) is 15.7. The number of aromatic nitrogens is 2. The smallest absolute Gasteiger partial charge is 0.306 e. The zero-order valence-corrected chi connectivity index (χ0v) is 22.4. The van der Waals surface area contributed by atoms with E-state index in [0.717, 1.165) is 27.5 Å². The molecule has 1 amide bonds. The van der Waals surface area contributed by atoms with Crippen molar-refractivity contribution in [1.29, 1.82) is 5.26 Å². The minimum absolute atomic E-state index is 0.0105. The molecule has 0 unspecified atom stereocenters. The van der Waals surface area contributed by atoms with Gasteiger partial charge in [-0.25, -0.2) is 9.37 Å². The molecule has 1 N–H and O–H groups in total. The molecule has 0 saturated carbocycles. The van der Waals surface area contributed by atoms with Crippen LogP contribution in [-0.4, -0.2) is 54.2 Å². The fourth-order valence-corrected chi connectivity index (χ4v) is 5.03. The highest BCUT2D eigenvalue weighted by molar-refractivity contribution is 9.10. The van der Waals surface area contributed by atoms with Crippen LogP contribution in [0.15, 0.2) is 53.4 Å². The number of benzene rings is 2. The molecule has 1 atom stereocenters. The number of nitrogens with one attached hydrogen (secondary N) is 1. The third-order valence-corrected chi connectivity index (χ3v) is 7.27. The average molecular weight is 590 g/mol. The van der Waals surface area contributed by atoms with E-state index in [9.17, 15) is 17.6 Å². The Hall–Kier alpha value is -3.27. The summed E-state index contributed by atoms with van der Waals surface area (Å²) < 4.78 is 44.4. The van der Waals surface area contributed by atoms with Crippen LogP contribution in [-0.2, 0) is 34.4 Å². The summed E-state index contributed by atoms with van der Waals surface area (Å²) in [5, 5.41) is 12.2. The first-order valence-electron chi connectivity index (χ1n) is 11.5. The van der Waals surface area contributed by atoms with Crippen LogP contribution < -0.4 is 9.50 Å². The van der Waals surface area contributed by atoms with Crippen LogP contribution in [0.4, 0.5) is 4.39 Å². The van der Waals surface area contributed by atoms with Crippen molar-refractivity contribution in [3.05, 3.63) is 81.6 Å². The van der Waals surface area contributed by atoms with Crippen molar-refractivity contribution in [1.82, 2.24) is 19.8 Å². The zero-order valence-electron chi connectivity index (χ0n) is 20.0. The SMILES string of the molecule is CS(=O)(=O)Oc1ccc(Br)c(CN2CC[C@@H](NCCc3cncn3Cc3ccc(C#N)c(F)c3)C2=O)c1. The van der Waals surface area contributed by atoms with Gasteiger partial charge < -0.3 is 19.0 Å². The third-order valence-electron chi connectivity index (χ3n) is 6.00. The second-order valence-corrected chi connectivity index (χ2v) is 11.2. The van der Waals surface area contributed by atoms with Crippen molar-refractivity contribution in [2.45, 2.75) is 32.0 Å². The third kappa shape index (κ3) is 6.94. The fourth-order valence-electron chi connectivity index (χ4n) is 4.21. The summed E-state index contributed by atoms with van der Waals surface area (Å²) >= 11 is 3.46. The molecule has 1 fully saturated rings. The van der Waals surface area contributed by atoms with Crippen LogP contribution in [0.5, 0.6) is 5.75 Å². The quantitative estimate of drug-likeness (QED) is 0.361. The Morgan fingerprint density at radius 3 is 2.81 bits per heavy atom. The number of carbonyl (C=O) groups is 1. The summed E-state index contributed by atoms with van der Waals surface area (Å²) in [7, 11) is -3.65. The van der Waals surface area contributed by atoms with Crippen molar-refractivity contribution >= 4 is 32.0 Å². The summed E-state index contributed by atoms with van der Waals surface area (Å²) in [5.41, 5.74) is 2.42. The molecular weight excluding hydrogens is 565 g/mol. The Labute approximate surface area is 223 Å². The van der Waals surface area contributed by atoms with Crippen LogP contribution >= 0.6 is 15.9 Å². The van der Waals surface area contributed by atoms with Gasteiger partial charge in [-0.3, -0.25) is 4.79 Å². The number of halogens is 2. The van der Waals surface area contributed by atoms with E-state index >= 15 is 0 Å². The Morgan fingerprint density at radius 1 is 1.27 bits per heavy atom. The molecule has 37 heavy (non-hydrogen) atoms. The molecule has 2 aromatic carbocycles. The van der Waals surface area contributed by atoms with E-state index in [1.807, 2.05) is 10.6 Å². The van der Waals surface area contributed by atoms with Crippen molar-refractivity contribution < 1.29 is 21.8 Å². The molecule has 194 valence electrons. The van der Waals surface area contributed by atoms with Crippen molar-refractivity contribution in [3.8, 4) is 11.8 Å². The molecule has 1 aliphatic heterocycles. The van der Waals surface area contributed by atoms with Crippen molar-refractivity contribution in [2.24, 2.45) is 0 Å². The Balaban J connectivity index is 1.31. The molecule has 1 aromatic heterocycles. The van der Waals surface area contributed by atoms with E-state index in [2.05, 4.69) is 26.2 Å². The predicted octanol–water partition coefficient (Wildman–Crippen LogP) is 2.98. The van der Waals surface area contributed by atoms with Gasteiger partial charge in [0.25, 0.3) is 0 Å². The monoisotopic (exact) mass is 589 g/mol. The first-order valence-corrected chi connectivity index (χ1v) is 14.1. The minimum Gasteiger partial charge on any atom is -0.383 e. The predicted molar refractivity (Wildman–Crippen MR) is 138 cm³/mol. The van der Waals surface area contributed by atoms with Crippen LogP contribution in [0, 0.1) is 17.1 Å². The second kappa shape index (κ2) is 11.4. The molecule has 1 aliphatic rings. The minimum atomic E-state index is -3.65. The van der Waals surface area contributed by atoms with Gasteiger partial charge in [0.1, 0.15) is 17.6 Å². The molecule has 4 rings (SSSR count). The molecular formula is C25H25BrFN5O4S. The maximum absolute atomic E-state index is 13.9. The summed E-state index contributed by atoms with van der Waals surface area (Å²) in [6.45, 7) is 1.87. The number of likely N-dealkylation sites (tertiary alicyclic amines) is 1. The number of rotatable bonds is 10. The van der Waals surface area contributed by atoms with E-state index in [1.54, 1.807) is 41.7 Å². The summed E-state index contributed by atoms with van der Waals surface area (Å²) in [6.07, 6.45) is 5.68. The summed E-state index contributed by atoms with van der Waals surface area (Å²) in [4.78, 5) is 18.9. The molecule has 0 radical (unpaired) electrons. The lowest BCUT2D eigenvalue weighted by atomic mass is 10.1. The van der Waals surface area contributed by atoms with E-state index in [-0.39, 0.29) is 23.3 Å². The highest BCUT2D eigenvalue weighted by Crippen LogP contribution is 2.26. The zero-order chi connectivity index (χ0) is 26.6. The van der Waals surface area contributed by atoms with Crippen LogP contribution in [0.25, 0.3) is 0 Å². The topological polar surface area (TPSA) is 117 Å². The van der Waals surface area contributed by atoms with Gasteiger partial charge in [-0.2, -0.15) is 13.7 Å². The Bertz CT molecular complexity index is 1450. The number of carbonyl (C=O) groups excluding carboxylic acids is 1. The number of hydrogen-bond acceptors (Lipinski definition) is 7. The number of amides is 1. The second-order valence-electron chi connectivity index (χ2n) is 8.78. The lowest BCUT2D eigenvalue weighted by Crippen LogP contribution is -2.39. The molecule has 1 saturated heterocycles. The standard InChI is InChI=1S/C25H25BrFN5O4S/c1-37(34,35)36-21-4-5-22(26)19(11-21)15-31-9-7-24(25(31)33)30-8-6-20-13-29-16-32(20)14-17-2-3-18(12-28)23(27)10-17/h2-5,10-11,13,16,24,30H,6-9,14-15H2,1H3/t24-/m1/s1. The summed E-state index contributed by atoms with van der Waals surface area (Å²) in [5.74, 6) is -0.375. The van der Waals surface area contributed by atoms with Gasteiger partial charge in [-0.05, 0) is 47.9 Å². The molecule has 12 heteroatoms. The number of nitriles is 1. The van der Waals surface area contributed by atoms with Crippen molar-refractivity contribution in [2.75, 3.05) is 19.3 Å². The highest BCUT2D eigenvalue weighted by atomic mass is 79.9. The van der Waals surface area contributed by atoms with Gasteiger partial charge in [-0.1, -0.05) is 22.0 Å². The molecule has 0 aliphatic carbocycles. The maximum atomic E-state index is 13.9. The van der Waals surface area contributed by atoms with E-state index in [0.29, 0.717) is 39.0 Å². The van der Waals surface area contributed by atoms with Gasteiger partial charge >= 0.3 is 10.1 Å². The van der Waals surface area contributed by atoms with E-state index in [1.165, 1.54) is 12.1 Å². The van der Waals surface area contributed by atoms with Gasteiger partial charge in [0.05, 0.1) is 24.2 Å². The number of imidazole rings is 1. The first-order chi connectivity index (χ1) is 17.6. The van der Waals surface area contributed by atoms with E-state index in [4.69, 9.17) is 9.44 Å². The molecule has 0 bridgehead atoms. The van der Waals surface area contributed by atoms with Gasteiger partial charge in [0.2, 0.25) is 5.91 Å². The van der Waals surface area contributed by atoms with Gasteiger partial charge in [-0.15, -0.1) is 0 Å². The lowest BCUT2D eigenvalue weighted by molar-refractivity contribution is -0.129. The summed E-state index contributed by atoms with van der Waals surface area (Å²) in [6, 6.07) is 10.9. The molecule has 9 nitrogen and oxygen atoms in total. The molecule has 3 aromatic rings. The Kier molecular flexibility index (Phi) is 8.26. The van der Waals surface area contributed by atoms with Crippen molar-refractivity contribution in [3.63, 3.8) is 0 Å². The largest absolute Gasteiger partial charge is 0.383 e. The maximum Gasteiger partial charge on any atom is 0.306 e. The van der Waals surface area contributed by atoms with Crippen LogP contribution in [0.2, 0.25) is 0 Å². The molecule has 2 heterocycles. The number of hydrogen-bond donors (Lipinski definition) is 1. The fraction of sp³-hybridized carbons (Fsp3) is 0.320. The average Bonchev–Trinajstić information content (AvgIpc) is 3.42. The highest BCUT2D eigenvalue weighted by Gasteiger charge is 2.31. The number of nitrogens with zero attached hydrogens (tertiary/aromatic N) is 4. The van der Waals surface area contributed by atoms with Crippen LogP contribution in [0.1, 0.15) is 28.8 Å². The Morgan fingerprint density at radius 2 is 2.08 bits per heavy atom. The van der Waals surface area contributed by atoms with E-state index < -0.39 is 15.9 Å². The van der Waals surface area contributed by atoms with Gasteiger partial charge in [0, 0.05) is 49.0 Å². The first kappa shape index (κ1) is 26.8. The van der Waals surface area contributed by atoms with Crippen LogP contribution in [0.3, 0.4) is 0 Å². The molecule has 0 spiro atoms. The lowest BCUT2D eigenvalue weighted by Gasteiger charge is -2.19.